The molecule has 0 radical (unpaired) electrons. The van der Waals surface area contributed by atoms with Gasteiger partial charge in [0.15, 0.2) is 6.29 Å². The van der Waals surface area contributed by atoms with Crippen LogP contribution in [-0.4, -0.2) is 30.0 Å². The lowest BCUT2D eigenvalue weighted by atomic mass is 10.0. The minimum absolute atomic E-state index is 0.0243. The third-order valence-corrected chi connectivity index (χ3v) is 2.93. The number of halogens is 1. The first-order valence-corrected chi connectivity index (χ1v) is 5.90. The molecule has 1 heterocycles. The van der Waals surface area contributed by atoms with Crippen LogP contribution in [0.2, 0.25) is 0 Å². The summed E-state index contributed by atoms with van der Waals surface area (Å²) in [5.74, 6) is -2.41. The summed E-state index contributed by atoms with van der Waals surface area (Å²) in [6.45, 7) is 0. The molecule has 20 heavy (non-hydrogen) atoms. The molecule has 7 heteroatoms. The number of rotatable bonds is 3. The molecule has 2 rings (SSSR count). The molecule has 1 aromatic rings. The Morgan fingerprint density at radius 3 is 2.80 bits per heavy atom. The summed E-state index contributed by atoms with van der Waals surface area (Å²) in [5, 5.41) is 4.47. The van der Waals surface area contributed by atoms with Crippen LogP contribution in [0.3, 0.4) is 0 Å². The number of nitrogens with one attached hydrogen (secondary N) is 2. The van der Waals surface area contributed by atoms with Crippen molar-refractivity contribution in [2.75, 3.05) is 0 Å². The second-order valence-electron chi connectivity index (χ2n) is 4.33. The molecule has 0 aliphatic carbocycles. The lowest BCUT2D eigenvalue weighted by Gasteiger charge is -2.22. The van der Waals surface area contributed by atoms with Crippen LogP contribution in [0, 0.1) is 5.82 Å². The van der Waals surface area contributed by atoms with E-state index in [1.807, 2.05) is 0 Å². The van der Waals surface area contributed by atoms with Crippen LogP contribution in [0.15, 0.2) is 18.2 Å². The Bertz CT molecular complexity index is 600. The lowest BCUT2D eigenvalue weighted by Crippen LogP contribution is -2.52. The standard InChI is InChI=1S/C13H11FN2O4/c14-8-2-1-7(6-17)9(5-8)12(19)15-10-3-4-11(18)16-13(10)20/h1-2,5-6,10H,3-4H2,(H,15,19)(H,16,18,20). The summed E-state index contributed by atoms with van der Waals surface area (Å²) in [6, 6.07) is 2.29. The molecule has 104 valence electrons. The van der Waals surface area contributed by atoms with Crippen LogP contribution >= 0.6 is 0 Å². The molecule has 1 aliphatic heterocycles. The highest BCUT2D eigenvalue weighted by molar-refractivity contribution is 6.06. The van der Waals surface area contributed by atoms with E-state index in [0.29, 0.717) is 6.29 Å². The first-order chi connectivity index (χ1) is 9.51. The fraction of sp³-hybridized carbons (Fsp3) is 0.231. The van der Waals surface area contributed by atoms with Crippen molar-refractivity contribution in [1.82, 2.24) is 10.6 Å². The van der Waals surface area contributed by atoms with Crippen LogP contribution in [0.1, 0.15) is 33.6 Å². The first-order valence-electron chi connectivity index (χ1n) is 5.90. The van der Waals surface area contributed by atoms with Gasteiger partial charge in [-0.15, -0.1) is 0 Å². The van der Waals surface area contributed by atoms with E-state index in [4.69, 9.17) is 0 Å². The molecule has 1 atom stereocenters. The predicted octanol–water partition coefficient (Wildman–Crippen LogP) is 0.173. The van der Waals surface area contributed by atoms with Gasteiger partial charge in [0.05, 0.1) is 5.56 Å². The third-order valence-electron chi connectivity index (χ3n) is 2.93. The predicted molar refractivity (Wildman–Crippen MR) is 65.4 cm³/mol. The van der Waals surface area contributed by atoms with Gasteiger partial charge in [-0.05, 0) is 24.6 Å². The van der Waals surface area contributed by atoms with Gasteiger partial charge in [0.25, 0.3) is 5.91 Å². The number of piperidine rings is 1. The molecule has 6 nitrogen and oxygen atoms in total. The van der Waals surface area contributed by atoms with Gasteiger partial charge in [0, 0.05) is 12.0 Å². The largest absolute Gasteiger partial charge is 0.340 e. The van der Waals surface area contributed by atoms with Gasteiger partial charge in [-0.25, -0.2) is 4.39 Å². The van der Waals surface area contributed by atoms with E-state index in [9.17, 15) is 23.6 Å². The summed E-state index contributed by atoms with van der Waals surface area (Å²) < 4.78 is 13.1. The Morgan fingerprint density at radius 1 is 1.40 bits per heavy atom. The van der Waals surface area contributed by atoms with Crippen molar-refractivity contribution in [2.24, 2.45) is 0 Å². The number of carbonyl (C=O) groups is 4. The van der Waals surface area contributed by atoms with E-state index in [0.717, 1.165) is 12.1 Å². The van der Waals surface area contributed by atoms with Gasteiger partial charge in [0.1, 0.15) is 11.9 Å². The molecule has 1 fully saturated rings. The number of hydrogen-bond acceptors (Lipinski definition) is 4. The van der Waals surface area contributed by atoms with Crippen molar-refractivity contribution in [3.63, 3.8) is 0 Å². The maximum atomic E-state index is 13.1. The Labute approximate surface area is 113 Å². The maximum Gasteiger partial charge on any atom is 0.252 e. The molecular weight excluding hydrogens is 267 g/mol. The van der Waals surface area contributed by atoms with E-state index in [2.05, 4.69) is 10.6 Å². The zero-order valence-corrected chi connectivity index (χ0v) is 10.3. The Kier molecular flexibility index (Phi) is 3.88. The molecule has 3 amide bonds. The van der Waals surface area contributed by atoms with Crippen molar-refractivity contribution < 1.29 is 23.6 Å². The molecule has 0 saturated carbocycles. The molecule has 0 bridgehead atoms. The summed E-state index contributed by atoms with van der Waals surface area (Å²) in [6.07, 6.45) is 0.710. The van der Waals surface area contributed by atoms with Crippen molar-refractivity contribution in [3.05, 3.63) is 35.1 Å². The molecule has 1 saturated heterocycles. The van der Waals surface area contributed by atoms with E-state index >= 15 is 0 Å². The number of imide groups is 1. The summed E-state index contributed by atoms with van der Waals surface area (Å²) in [7, 11) is 0. The van der Waals surface area contributed by atoms with Crippen LogP contribution in [0.25, 0.3) is 0 Å². The van der Waals surface area contributed by atoms with Crippen LogP contribution < -0.4 is 10.6 Å². The van der Waals surface area contributed by atoms with E-state index < -0.39 is 29.6 Å². The van der Waals surface area contributed by atoms with Crippen molar-refractivity contribution in [2.45, 2.75) is 18.9 Å². The number of amides is 3. The van der Waals surface area contributed by atoms with Gasteiger partial charge in [-0.2, -0.15) is 0 Å². The molecular formula is C13H11FN2O4. The zero-order valence-electron chi connectivity index (χ0n) is 10.3. The van der Waals surface area contributed by atoms with Crippen LogP contribution in [0.4, 0.5) is 4.39 Å². The summed E-state index contributed by atoms with van der Waals surface area (Å²) >= 11 is 0. The summed E-state index contributed by atoms with van der Waals surface area (Å²) in [4.78, 5) is 45.3. The highest BCUT2D eigenvalue weighted by atomic mass is 19.1. The number of aldehydes is 1. The first kappa shape index (κ1) is 13.9. The third kappa shape index (κ3) is 2.87. The lowest BCUT2D eigenvalue weighted by molar-refractivity contribution is -0.134. The molecule has 0 spiro atoms. The van der Waals surface area contributed by atoms with Gasteiger partial charge in [-0.1, -0.05) is 0 Å². The van der Waals surface area contributed by atoms with Crippen molar-refractivity contribution >= 4 is 24.0 Å². The number of hydrogen-bond donors (Lipinski definition) is 2. The molecule has 1 aliphatic rings. The fourth-order valence-corrected chi connectivity index (χ4v) is 1.90. The zero-order chi connectivity index (χ0) is 14.7. The van der Waals surface area contributed by atoms with Gasteiger partial charge < -0.3 is 5.32 Å². The smallest absolute Gasteiger partial charge is 0.252 e. The Balaban J connectivity index is 2.16. The van der Waals surface area contributed by atoms with Crippen LogP contribution in [-0.2, 0) is 9.59 Å². The highest BCUT2D eigenvalue weighted by Crippen LogP contribution is 2.11. The molecule has 0 aromatic heterocycles. The Hall–Kier alpha value is -2.57. The molecule has 1 aromatic carbocycles. The van der Waals surface area contributed by atoms with Crippen molar-refractivity contribution in [1.29, 1.82) is 0 Å². The SMILES string of the molecule is O=Cc1ccc(F)cc1C(=O)NC1CCC(=O)NC1=O. The monoisotopic (exact) mass is 278 g/mol. The van der Waals surface area contributed by atoms with Gasteiger partial charge >= 0.3 is 0 Å². The second kappa shape index (κ2) is 5.60. The topological polar surface area (TPSA) is 92.3 Å². The quantitative estimate of drug-likeness (QED) is 0.609. The number of benzene rings is 1. The van der Waals surface area contributed by atoms with Gasteiger partial charge in [0.2, 0.25) is 11.8 Å². The molecule has 1 unspecified atom stereocenters. The maximum absolute atomic E-state index is 13.1. The minimum atomic E-state index is -0.872. The minimum Gasteiger partial charge on any atom is -0.340 e. The van der Waals surface area contributed by atoms with E-state index in [1.54, 1.807) is 0 Å². The average molecular weight is 278 g/mol. The van der Waals surface area contributed by atoms with Gasteiger partial charge in [-0.3, -0.25) is 24.5 Å². The van der Waals surface area contributed by atoms with E-state index in [1.165, 1.54) is 6.07 Å². The average Bonchev–Trinajstić information content (AvgIpc) is 2.41. The summed E-state index contributed by atoms with van der Waals surface area (Å²) in [5.41, 5.74) is -0.124. The highest BCUT2D eigenvalue weighted by Gasteiger charge is 2.28. The van der Waals surface area contributed by atoms with E-state index in [-0.39, 0.29) is 24.0 Å². The normalized spacial score (nSPS) is 18.4. The second-order valence-corrected chi connectivity index (χ2v) is 4.33. The van der Waals surface area contributed by atoms with Crippen LogP contribution in [0.5, 0.6) is 0 Å². The fourth-order valence-electron chi connectivity index (χ4n) is 1.90. The molecule has 2 N–H and O–H groups in total. The number of carbonyl (C=O) groups excluding carboxylic acids is 4. The Morgan fingerprint density at radius 2 is 2.15 bits per heavy atom. The van der Waals surface area contributed by atoms with Crippen molar-refractivity contribution in [3.8, 4) is 0 Å².